The summed E-state index contributed by atoms with van der Waals surface area (Å²) in [6.07, 6.45) is 6.80. The van der Waals surface area contributed by atoms with E-state index in [4.69, 9.17) is 11.5 Å². The second-order valence-electron chi connectivity index (χ2n) is 4.42. The molecule has 0 aliphatic rings. The molecule has 2 atom stereocenters. The van der Waals surface area contributed by atoms with Gasteiger partial charge in [-0.15, -0.1) is 0 Å². The van der Waals surface area contributed by atoms with Crippen molar-refractivity contribution in [3.63, 3.8) is 0 Å². The van der Waals surface area contributed by atoms with Crippen LogP contribution >= 0.6 is 0 Å². The van der Waals surface area contributed by atoms with Gasteiger partial charge >= 0.3 is 0 Å². The second kappa shape index (κ2) is 10.4. The number of nitrogens with two attached hydrogens (primary N) is 2. The number of rotatable bonds is 10. The molecule has 0 rings (SSSR count). The molecule has 0 aromatic heterocycles. The average Bonchev–Trinajstić information content (AvgIpc) is 2.18. The van der Waals surface area contributed by atoms with E-state index in [-0.39, 0.29) is 0 Å². The van der Waals surface area contributed by atoms with Crippen LogP contribution in [-0.4, -0.2) is 25.2 Å². The van der Waals surface area contributed by atoms with Gasteiger partial charge in [0, 0.05) is 12.1 Å². The van der Waals surface area contributed by atoms with Crippen LogP contribution in [0, 0.1) is 0 Å². The van der Waals surface area contributed by atoms with Gasteiger partial charge in [0.05, 0.1) is 0 Å². The van der Waals surface area contributed by atoms with Crippen molar-refractivity contribution in [1.29, 1.82) is 0 Å². The van der Waals surface area contributed by atoms with Crippen molar-refractivity contribution >= 4 is 0 Å². The maximum absolute atomic E-state index is 5.91. The Labute approximate surface area is 95.0 Å². The smallest absolute Gasteiger partial charge is 0.00508 e. The molecule has 92 valence electrons. The van der Waals surface area contributed by atoms with E-state index in [1.807, 2.05) is 0 Å². The van der Waals surface area contributed by atoms with Crippen LogP contribution in [0.1, 0.15) is 52.4 Å². The molecule has 0 aliphatic heterocycles. The fourth-order valence-corrected chi connectivity index (χ4v) is 1.73. The van der Waals surface area contributed by atoms with Crippen LogP contribution < -0.4 is 16.8 Å². The fraction of sp³-hybridized carbons (Fsp3) is 1.00. The van der Waals surface area contributed by atoms with Gasteiger partial charge in [-0.1, -0.05) is 26.7 Å². The lowest BCUT2D eigenvalue weighted by atomic mass is 10.1. The fourth-order valence-electron chi connectivity index (χ4n) is 1.73. The highest BCUT2D eigenvalue weighted by molar-refractivity contribution is 4.65. The Morgan fingerprint density at radius 3 is 1.53 bits per heavy atom. The molecule has 3 nitrogen and oxygen atoms in total. The molecule has 0 aromatic carbocycles. The Hall–Kier alpha value is -0.120. The van der Waals surface area contributed by atoms with E-state index in [1.165, 1.54) is 12.8 Å². The Balaban J connectivity index is 3.17. The molecule has 0 spiro atoms. The van der Waals surface area contributed by atoms with E-state index in [9.17, 15) is 0 Å². The van der Waals surface area contributed by atoms with Gasteiger partial charge in [-0.3, -0.25) is 0 Å². The standard InChI is InChI=1S/C12H29N3/c1-3-5-11(13)7-9-15-10-8-12(14)6-4-2/h11-12,15H,3-10,13-14H2,1-2H3. The third-order valence-corrected chi connectivity index (χ3v) is 2.70. The first-order chi connectivity index (χ1) is 7.20. The first-order valence-corrected chi connectivity index (χ1v) is 6.42. The van der Waals surface area contributed by atoms with Crippen LogP contribution in [-0.2, 0) is 0 Å². The van der Waals surface area contributed by atoms with E-state index >= 15 is 0 Å². The van der Waals surface area contributed by atoms with Crippen LogP contribution in [0.25, 0.3) is 0 Å². The highest BCUT2D eigenvalue weighted by atomic mass is 14.9. The minimum absolute atomic E-state index is 0.367. The lowest BCUT2D eigenvalue weighted by molar-refractivity contribution is 0.494. The Morgan fingerprint density at radius 2 is 1.20 bits per heavy atom. The summed E-state index contributed by atoms with van der Waals surface area (Å²) in [5.41, 5.74) is 11.8. The summed E-state index contributed by atoms with van der Waals surface area (Å²) >= 11 is 0. The molecule has 15 heavy (non-hydrogen) atoms. The Bertz CT molecular complexity index is 114. The molecule has 5 N–H and O–H groups in total. The summed E-state index contributed by atoms with van der Waals surface area (Å²) in [5.74, 6) is 0. The SMILES string of the molecule is CCCC(N)CCNCCC(N)CCC. The normalized spacial score (nSPS) is 15.2. The zero-order valence-electron chi connectivity index (χ0n) is 10.5. The quantitative estimate of drug-likeness (QED) is 0.485. The van der Waals surface area contributed by atoms with Gasteiger partial charge in [-0.25, -0.2) is 0 Å². The van der Waals surface area contributed by atoms with Gasteiger partial charge in [0.1, 0.15) is 0 Å². The van der Waals surface area contributed by atoms with Crippen molar-refractivity contribution in [2.45, 2.75) is 64.5 Å². The summed E-state index contributed by atoms with van der Waals surface area (Å²) in [7, 11) is 0. The second-order valence-corrected chi connectivity index (χ2v) is 4.42. The predicted octanol–water partition coefficient (Wildman–Crippen LogP) is 1.61. The maximum atomic E-state index is 5.91. The lowest BCUT2D eigenvalue weighted by Gasteiger charge is -2.13. The summed E-state index contributed by atoms with van der Waals surface area (Å²) in [4.78, 5) is 0. The van der Waals surface area contributed by atoms with Crippen LogP contribution in [0.3, 0.4) is 0 Å². The van der Waals surface area contributed by atoms with E-state index in [1.54, 1.807) is 0 Å². The molecule has 0 saturated heterocycles. The molecule has 0 radical (unpaired) electrons. The molecule has 0 aromatic rings. The highest BCUT2D eigenvalue weighted by Gasteiger charge is 2.02. The molecule has 0 aliphatic carbocycles. The molecular formula is C12H29N3. The first kappa shape index (κ1) is 14.9. The summed E-state index contributed by atoms with van der Waals surface area (Å²) in [6.45, 7) is 6.41. The van der Waals surface area contributed by atoms with Crippen LogP contribution in [0.4, 0.5) is 0 Å². The summed E-state index contributed by atoms with van der Waals surface area (Å²) < 4.78 is 0. The van der Waals surface area contributed by atoms with E-state index in [0.29, 0.717) is 12.1 Å². The molecule has 0 fully saturated rings. The van der Waals surface area contributed by atoms with Crippen molar-refractivity contribution in [3.8, 4) is 0 Å². The van der Waals surface area contributed by atoms with E-state index < -0.39 is 0 Å². The minimum atomic E-state index is 0.367. The number of nitrogens with one attached hydrogen (secondary N) is 1. The monoisotopic (exact) mass is 215 g/mol. The highest BCUT2D eigenvalue weighted by Crippen LogP contribution is 1.98. The minimum Gasteiger partial charge on any atom is -0.328 e. The Kier molecular flexibility index (Phi) is 10.3. The molecule has 0 amide bonds. The van der Waals surface area contributed by atoms with Gasteiger partial charge in [0.2, 0.25) is 0 Å². The molecular weight excluding hydrogens is 186 g/mol. The summed E-state index contributed by atoms with van der Waals surface area (Å²) in [5, 5.41) is 3.40. The number of hydrogen-bond donors (Lipinski definition) is 3. The molecule has 3 heteroatoms. The average molecular weight is 215 g/mol. The van der Waals surface area contributed by atoms with Crippen molar-refractivity contribution < 1.29 is 0 Å². The maximum Gasteiger partial charge on any atom is 0.00508 e. The summed E-state index contributed by atoms with van der Waals surface area (Å²) in [6, 6.07) is 0.735. The lowest BCUT2D eigenvalue weighted by Crippen LogP contribution is -2.30. The first-order valence-electron chi connectivity index (χ1n) is 6.42. The molecule has 2 unspecified atom stereocenters. The van der Waals surface area contributed by atoms with Crippen LogP contribution in [0.5, 0.6) is 0 Å². The van der Waals surface area contributed by atoms with Gasteiger partial charge in [0.25, 0.3) is 0 Å². The van der Waals surface area contributed by atoms with Crippen molar-refractivity contribution in [1.82, 2.24) is 5.32 Å². The zero-order valence-corrected chi connectivity index (χ0v) is 10.5. The molecule has 0 heterocycles. The van der Waals surface area contributed by atoms with Crippen molar-refractivity contribution in [2.24, 2.45) is 11.5 Å². The topological polar surface area (TPSA) is 64.1 Å². The molecule has 0 bridgehead atoms. The third-order valence-electron chi connectivity index (χ3n) is 2.70. The van der Waals surface area contributed by atoms with Gasteiger partial charge < -0.3 is 16.8 Å². The van der Waals surface area contributed by atoms with Crippen LogP contribution in [0.15, 0.2) is 0 Å². The predicted molar refractivity (Wildman–Crippen MR) is 67.9 cm³/mol. The van der Waals surface area contributed by atoms with Crippen LogP contribution in [0.2, 0.25) is 0 Å². The van der Waals surface area contributed by atoms with Gasteiger partial charge in [-0.2, -0.15) is 0 Å². The number of hydrogen-bond acceptors (Lipinski definition) is 3. The van der Waals surface area contributed by atoms with Crippen molar-refractivity contribution in [2.75, 3.05) is 13.1 Å². The third kappa shape index (κ3) is 10.2. The van der Waals surface area contributed by atoms with Crippen molar-refractivity contribution in [3.05, 3.63) is 0 Å². The van der Waals surface area contributed by atoms with E-state index in [2.05, 4.69) is 19.2 Å². The van der Waals surface area contributed by atoms with Gasteiger partial charge in [0.15, 0.2) is 0 Å². The Morgan fingerprint density at radius 1 is 0.800 bits per heavy atom. The largest absolute Gasteiger partial charge is 0.328 e. The zero-order chi connectivity index (χ0) is 11.5. The molecule has 0 saturated carbocycles. The van der Waals surface area contributed by atoms with E-state index in [0.717, 1.165) is 38.8 Å². The van der Waals surface area contributed by atoms with Gasteiger partial charge in [-0.05, 0) is 38.8 Å².